The van der Waals surface area contributed by atoms with Crippen molar-refractivity contribution in [3.8, 4) is 0 Å². The van der Waals surface area contributed by atoms with Crippen LogP contribution in [0.3, 0.4) is 0 Å². The quantitative estimate of drug-likeness (QED) is 0.577. The highest BCUT2D eigenvalue weighted by Crippen LogP contribution is 2.14. The SMILES string of the molecule is C=CCN(Cc1cccn1Cc1ccc(F)cc1)C(=O)c1ccccc1. The fraction of sp³-hybridized carbons (Fsp3) is 0.136. The zero-order valence-electron chi connectivity index (χ0n) is 14.5. The Labute approximate surface area is 153 Å². The molecule has 0 spiro atoms. The highest BCUT2D eigenvalue weighted by Gasteiger charge is 2.16. The predicted molar refractivity (Wildman–Crippen MR) is 101 cm³/mol. The van der Waals surface area contributed by atoms with E-state index in [4.69, 9.17) is 0 Å². The molecule has 0 radical (unpaired) electrons. The van der Waals surface area contributed by atoms with Crippen molar-refractivity contribution >= 4 is 5.91 Å². The number of carbonyl (C=O) groups is 1. The van der Waals surface area contributed by atoms with Crippen molar-refractivity contribution in [2.75, 3.05) is 6.54 Å². The molecule has 4 heteroatoms. The number of hydrogen-bond donors (Lipinski definition) is 0. The maximum atomic E-state index is 13.1. The molecule has 26 heavy (non-hydrogen) atoms. The Kier molecular flexibility index (Phi) is 5.64. The van der Waals surface area contributed by atoms with E-state index in [2.05, 4.69) is 11.1 Å². The minimum absolute atomic E-state index is 0.0277. The van der Waals surface area contributed by atoms with E-state index in [0.29, 0.717) is 25.2 Å². The third kappa shape index (κ3) is 4.28. The highest BCUT2D eigenvalue weighted by molar-refractivity contribution is 5.94. The topological polar surface area (TPSA) is 25.2 Å². The molecule has 1 aromatic heterocycles. The molecule has 0 aliphatic carbocycles. The van der Waals surface area contributed by atoms with Crippen molar-refractivity contribution in [1.82, 2.24) is 9.47 Å². The van der Waals surface area contributed by atoms with Crippen molar-refractivity contribution in [2.45, 2.75) is 13.1 Å². The van der Waals surface area contributed by atoms with Crippen molar-refractivity contribution in [3.05, 3.63) is 108 Å². The lowest BCUT2D eigenvalue weighted by Crippen LogP contribution is -2.31. The zero-order valence-corrected chi connectivity index (χ0v) is 14.5. The molecule has 1 amide bonds. The molecule has 132 valence electrons. The third-order valence-corrected chi connectivity index (χ3v) is 4.20. The summed E-state index contributed by atoms with van der Waals surface area (Å²) < 4.78 is 15.2. The smallest absolute Gasteiger partial charge is 0.254 e. The molecule has 3 aromatic rings. The lowest BCUT2D eigenvalue weighted by atomic mass is 10.2. The Hall–Kier alpha value is -3.14. The molecule has 1 heterocycles. The average molecular weight is 348 g/mol. The first-order valence-corrected chi connectivity index (χ1v) is 8.51. The van der Waals surface area contributed by atoms with Gasteiger partial charge in [0.15, 0.2) is 0 Å². The van der Waals surface area contributed by atoms with E-state index in [1.807, 2.05) is 48.7 Å². The molecular formula is C22H21FN2O. The number of aromatic nitrogens is 1. The van der Waals surface area contributed by atoms with Gasteiger partial charge in [0, 0.05) is 30.5 Å². The Balaban J connectivity index is 1.78. The van der Waals surface area contributed by atoms with Gasteiger partial charge in [0.2, 0.25) is 0 Å². The largest absolute Gasteiger partial charge is 0.345 e. The van der Waals surface area contributed by atoms with Gasteiger partial charge in [-0.15, -0.1) is 6.58 Å². The van der Waals surface area contributed by atoms with Gasteiger partial charge in [0.05, 0.1) is 6.54 Å². The number of halogens is 1. The summed E-state index contributed by atoms with van der Waals surface area (Å²) in [5, 5.41) is 0. The summed E-state index contributed by atoms with van der Waals surface area (Å²) in [6.45, 7) is 5.34. The number of hydrogen-bond acceptors (Lipinski definition) is 1. The summed E-state index contributed by atoms with van der Waals surface area (Å²) in [5.74, 6) is -0.271. The summed E-state index contributed by atoms with van der Waals surface area (Å²) in [6.07, 6.45) is 3.70. The second-order valence-electron chi connectivity index (χ2n) is 6.09. The maximum Gasteiger partial charge on any atom is 0.254 e. The van der Waals surface area contributed by atoms with E-state index in [1.54, 1.807) is 23.1 Å². The van der Waals surface area contributed by atoms with Gasteiger partial charge in [-0.2, -0.15) is 0 Å². The Morgan fingerprint density at radius 2 is 1.77 bits per heavy atom. The molecule has 0 fully saturated rings. The second kappa shape index (κ2) is 8.30. The van der Waals surface area contributed by atoms with E-state index in [1.165, 1.54) is 12.1 Å². The number of rotatable bonds is 7. The van der Waals surface area contributed by atoms with Gasteiger partial charge < -0.3 is 9.47 Å². The standard InChI is InChI=1S/C22H21FN2O/c1-2-14-25(22(26)19-7-4-3-5-8-19)17-21-9-6-15-24(21)16-18-10-12-20(23)13-11-18/h2-13,15H,1,14,16-17H2. The normalized spacial score (nSPS) is 10.5. The lowest BCUT2D eigenvalue weighted by Gasteiger charge is -2.22. The van der Waals surface area contributed by atoms with Crippen LogP contribution in [0.5, 0.6) is 0 Å². The number of carbonyl (C=O) groups excluding carboxylic acids is 1. The van der Waals surface area contributed by atoms with Crippen LogP contribution in [0.2, 0.25) is 0 Å². The molecule has 0 saturated heterocycles. The van der Waals surface area contributed by atoms with Crippen LogP contribution in [0, 0.1) is 5.82 Å². The summed E-state index contributed by atoms with van der Waals surface area (Å²) in [7, 11) is 0. The monoisotopic (exact) mass is 348 g/mol. The van der Waals surface area contributed by atoms with Gasteiger partial charge in [-0.05, 0) is 42.0 Å². The van der Waals surface area contributed by atoms with E-state index < -0.39 is 0 Å². The van der Waals surface area contributed by atoms with Crippen LogP contribution in [-0.4, -0.2) is 21.9 Å². The summed E-state index contributed by atoms with van der Waals surface area (Å²) in [5.41, 5.74) is 2.68. The number of amides is 1. The zero-order chi connectivity index (χ0) is 18.4. The fourth-order valence-corrected chi connectivity index (χ4v) is 2.87. The first-order chi connectivity index (χ1) is 12.7. The van der Waals surface area contributed by atoms with Gasteiger partial charge in [-0.3, -0.25) is 4.79 Å². The molecular weight excluding hydrogens is 327 g/mol. The van der Waals surface area contributed by atoms with Crippen molar-refractivity contribution in [2.24, 2.45) is 0 Å². The molecule has 0 aliphatic heterocycles. The van der Waals surface area contributed by atoms with Crippen LogP contribution in [0.1, 0.15) is 21.6 Å². The first-order valence-electron chi connectivity index (χ1n) is 8.51. The van der Waals surface area contributed by atoms with Crippen molar-refractivity contribution < 1.29 is 9.18 Å². The first kappa shape index (κ1) is 17.7. The van der Waals surface area contributed by atoms with Crippen LogP contribution in [0.4, 0.5) is 4.39 Å². The summed E-state index contributed by atoms with van der Waals surface area (Å²) >= 11 is 0. The minimum Gasteiger partial charge on any atom is -0.345 e. The molecule has 2 aromatic carbocycles. The molecule has 3 nitrogen and oxygen atoms in total. The molecule has 0 saturated carbocycles. The van der Waals surface area contributed by atoms with Gasteiger partial charge in [-0.1, -0.05) is 36.4 Å². The van der Waals surface area contributed by atoms with Gasteiger partial charge in [-0.25, -0.2) is 4.39 Å². The molecule has 0 unspecified atom stereocenters. The molecule has 0 atom stereocenters. The molecule has 0 N–H and O–H groups in total. The van der Waals surface area contributed by atoms with Gasteiger partial charge in [0.1, 0.15) is 5.82 Å². The highest BCUT2D eigenvalue weighted by atomic mass is 19.1. The average Bonchev–Trinajstić information content (AvgIpc) is 3.10. The molecule has 0 bridgehead atoms. The second-order valence-corrected chi connectivity index (χ2v) is 6.09. The van der Waals surface area contributed by atoms with E-state index >= 15 is 0 Å². The Morgan fingerprint density at radius 3 is 2.46 bits per heavy atom. The van der Waals surface area contributed by atoms with E-state index in [9.17, 15) is 9.18 Å². The van der Waals surface area contributed by atoms with Crippen LogP contribution >= 0.6 is 0 Å². The van der Waals surface area contributed by atoms with Gasteiger partial charge in [0.25, 0.3) is 5.91 Å². The van der Waals surface area contributed by atoms with Crippen LogP contribution in [-0.2, 0) is 13.1 Å². The van der Waals surface area contributed by atoms with E-state index in [-0.39, 0.29) is 11.7 Å². The lowest BCUT2D eigenvalue weighted by molar-refractivity contribution is 0.0759. The fourth-order valence-electron chi connectivity index (χ4n) is 2.87. The number of nitrogens with zero attached hydrogens (tertiary/aromatic N) is 2. The predicted octanol–water partition coefficient (Wildman–Crippen LogP) is 4.50. The minimum atomic E-state index is -0.243. The summed E-state index contributed by atoms with van der Waals surface area (Å²) in [6, 6.07) is 19.7. The Bertz CT molecular complexity index is 869. The number of benzene rings is 2. The summed E-state index contributed by atoms with van der Waals surface area (Å²) in [4.78, 5) is 14.6. The Morgan fingerprint density at radius 1 is 1.04 bits per heavy atom. The van der Waals surface area contributed by atoms with Crippen molar-refractivity contribution in [1.29, 1.82) is 0 Å². The molecule has 0 aliphatic rings. The van der Waals surface area contributed by atoms with Gasteiger partial charge >= 0.3 is 0 Å². The van der Waals surface area contributed by atoms with E-state index in [0.717, 1.165) is 11.3 Å². The third-order valence-electron chi connectivity index (χ3n) is 4.20. The van der Waals surface area contributed by atoms with Crippen LogP contribution in [0.15, 0.2) is 85.6 Å². The molecule has 3 rings (SSSR count). The van der Waals surface area contributed by atoms with Crippen LogP contribution in [0.25, 0.3) is 0 Å². The van der Waals surface area contributed by atoms with Crippen molar-refractivity contribution in [3.63, 3.8) is 0 Å². The van der Waals surface area contributed by atoms with Crippen LogP contribution < -0.4 is 0 Å². The maximum absolute atomic E-state index is 13.1.